The summed E-state index contributed by atoms with van der Waals surface area (Å²) in [6.07, 6.45) is 4.59. The molecule has 0 fully saturated rings. The third kappa shape index (κ3) is 2.96. The minimum Gasteiger partial charge on any atom is -0.0619 e. The van der Waals surface area contributed by atoms with Crippen LogP contribution in [-0.4, -0.2) is 0 Å². The highest BCUT2D eigenvalue weighted by Crippen LogP contribution is 2.53. The molecule has 4 bridgehead atoms. The van der Waals surface area contributed by atoms with E-state index < -0.39 is 0 Å². The summed E-state index contributed by atoms with van der Waals surface area (Å²) in [4.78, 5) is 0. The van der Waals surface area contributed by atoms with Gasteiger partial charge in [0.2, 0.25) is 0 Å². The van der Waals surface area contributed by atoms with E-state index in [1.807, 2.05) is 0 Å². The SMILES string of the molecule is CC1=Cc2ccccc2C1c1cc2c(C)c3c1-c1ccc-2cc1C3.c1ccc2c(c1)Cc1ccccc1-2. The van der Waals surface area contributed by atoms with Crippen LogP contribution in [0.4, 0.5) is 0 Å². The molecule has 0 aliphatic heterocycles. The second-order valence-corrected chi connectivity index (χ2v) is 11.0. The van der Waals surface area contributed by atoms with Crippen LogP contribution < -0.4 is 0 Å². The number of allylic oxidation sites excluding steroid dienone is 1. The van der Waals surface area contributed by atoms with Gasteiger partial charge in [0.1, 0.15) is 0 Å². The summed E-state index contributed by atoms with van der Waals surface area (Å²) in [6, 6.07) is 35.7. The molecule has 4 aliphatic rings. The van der Waals surface area contributed by atoms with Gasteiger partial charge >= 0.3 is 0 Å². The molecular weight excluding hydrogens is 444 g/mol. The van der Waals surface area contributed by atoms with Gasteiger partial charge in [-0.1, -0.05) is 103 Å². The highest BCUT2D eigenvalue weighted by Gasteiger charge is 2.34. The number of rotatable bonds is 1. The van der Waals surface area contributed by atoms with Crippen LogP contribution in [0, 0.1) is 6.92 Å². The lowest BCUT2D eigenvalue weighted by Crippen LogP contribution is -2.05. The summed E-state index contributed by atoms with van der Waals surface area (Å²) in [5.41, 5.74) is 22.0. The van der Waals surface area contributed by atoms with Crippen molar-refractivity contribution in [2.45, 2.75) is 32.6 Å². The average Bonchev–Trinajstić information content (AvgIpc) is 3.58. The van der Waals surface area contributed by atoms with Crippen LogP contribution >= 0.6 is 0 Å². The van der Waals surface area contributed by atoms with Crippen molar-refractivity contribution in [2.75, 3.05) is 0 Å². The fourth-order valence-corrected chi connectivity index (χ4v) is 7.24. The van der Waals surface area contributed by atoms with Crippen molar-refractivity contribution in [3.8, 4) is 33.4 Å². The molecule has 37 heavy (non-hydrogen) atoms. The molecule has 0 radical (unpaired) electrons. The Labute approximate surface area is 219 Å². The molecule has 1 atom stereocenters. The average molecular weight is 473 g/mol. The van der Waals surface area contributed by atoms with Crippen molar-refractivity contribution in [1.29, 1.82) is 0 Å². The van der Waals surface area contributed by atoms with Gasteiger partial charge in [0.05, 0.1) is 0 Å². The summed E-state index contributed by atoms with van der Waals surface area (Å²) in [5, 5.41) is 0. The van der Waals surface area contributed by atoms with E-state index in [0.717, 1.165) is 12.8 Å². The molecule has 0 nitrogen and oxygen atoms in total. The van der Waals surface area contributed by atoms with Crippen LogP contribution in [-0.2, 0) is 12.8 Å². The van der Waals surface area contributed by atoms with Gasteiger partial charge in [-0.3, -0.25) is 0 Å². The van der Waals surface area contributed by atoms with Crippen molar-refractivity contribution in [3.63, 3.8) is 0 Å². The Morgan fingerprint density at radius 1 is 0.568 bits per heavy atom. The highest BCUT2D eigenvalue weighted by molar-refractivity contribution is 5.92. The fourth-order valence-electron chi connectivity index (χ4n) is 7.24. The van der Waals surface area contributed by atoms with Gasteiger partial charge in [0.25, 0.3) is 0 Å². The van der Waals surface area contributed by atoms with E-state index in [1.165, 1.54) is 77.9 Å². The highest BCUT2D eigenvalue weighted by atomic mass is 14.4. The smallest absolute Gasteiger partial charge is 0.0311 e. The molecule has 1 unspecified atom stereocenters. The molecule has 5 aromatic rings. The van der Waals surface area contributed by atoms with Gasteiger partial charge in [-0.05, 0) is 111 Å². The van der Waals surface area contributed by atoms with E-state index in [-0.39, 0.29) is 0 Å². The van der Waals surface area contributed by atoms with Gasteiger partial charge in [-0.25, -0.2) is 0 Å². The molecule has 0 saturated carbocycles. The molecule has 0 aromatic heterocycles. The molecule has 0 saturated heterocycles. The summed E-state index contributed by atoms with van der Waals surface area (Å²) in [7, 11) is 0. The molecule has 176 valence electrons. The lowest BCUT2D eigenvalue weighted by molar-refractivity contribution is 0.976. The first-order valence-electron chi connectivity index (χ1n) is 13.4. The van der Waals surface area contributed by atoms with Gasteiger partial charge < -0.3 is 0 Å². The van der Waals surface area contributed by atoms with Crippen LogP contribution in [0.3, 0.4) is 0 Å². The van der Waals surface area contributed by atoms with Crippen LogP contribution in [0.25, 0.3) is 39.5 Å². The molecule has 0 N–H and O–H groups in total. The summed E-state index contributed by atoms with van der Waals surface area (Å²) in [6.45, 7) is 4.60. The minimum atomic E-state index is 0.412. The molecule has 0 amide bonds. The Morgan fingerprint density at radius 2 is 1.27 bits per heavy atom. The van der Waals surface area contributed by atoms with Crippen molar-refractivity contribution >= 4 is 6.08 Å². The van der Waals surface area contributed by atoms with Gasteiger partial charge in [0, 0.05) is 5.92 Å². The first-order chi connectivity index (χ1) is 18.2. The first kappa shape index (κ1) is 21.0. The van der Waals surface area contributed by atoms with Crippen LogP contribution in [0.1, 0.15) is 57.3 Å². The third-order valence-electron chi connectivity index (χ3n) is 8.96. The molecule has 0 spiro atoms. The molecular formula is C37H28. The van der Waals surface area contributed by atoms with Crippen molar-refractivity contribution < 1.29 is 0 Å². The van der Waals surface area contributed by atoms with E-state index in [4.69, 9.17) is 0 Å². The number of benzene rings is 5. The molecule has 0 heterocycles. The number of hydrogen-bond donors (Lipinski definition) is 0. The maximum absolute atomic E-state index is 2.48. The van der Waals surface area contributed by atoms with Crippen molar-refractivity contribution in [1.82, 2.24) is 0 Å². The fraction of sp³-hybridized carbons (Fsp3) is 0.135. The standard InChI is InChI=1S/C24H18.C13H10/c1-13-9-15-5-3-4-6-18(15)23(13)22-12-20-14(2)21-11-17-10-16(20)7-8-19(17)24(21)22;1-3-7-12-10(5-1)9-11-6-2-4-8-13(11)12/h3-10,12,23H,11H2,1-2H3;1-8H,9H2. The summed E-state index contributed by atoms with van der Waals surface area (Å²) in [5.74, 6) is 0.412. The summed E-state index contributed by atoms with van der Waals surface area (Å²) >= 11 is 0. The van der Waals surface area contributed by atoms with Crippen LogP contribution in [0.2, 0.25) is 0 Å². The Bertz CT molecular complexity index is 1750. The quantitative estimate of drug-likeness (QED) is 0.223. The van der Waals surface area contributed by atoms with Crippen LogP contribution in [0.5, 0.6) is 0 Å². The Hall–Kier alpha value is -4.16. The topological polar surface area (TPSA) is 0 Å². The van der Waals surface area contributed by atoms with E-state index >= 15 is 0 Å². The van der Waals surface area contributed by atoms with E-state index in [1.54, 1.807) is 5.56 Å². The second kappa shape index (κ2) is 7.67. The molecule has 9 rings (SSSR count). The zero-order valence-electron chi connectivity index (χ0n) is 21.3. The predicted octanol–water partition coefficient (Wildman–Crippen LogP) is 9.35. The van der Waals surface area contributed by atoms with Crippen molar-refractivity contribution in [2.24, 2.45) is 0 Å². The van der Waals surface area contributed by atoms with Gasteiger partial charge in [-0.15, -0.1) is 0 Å². The summed E-state index contributed by atoms with van der Waals surface area (Å²) < 4.78 is 0. The minimum absolute atomic E-state index is 0.412. The molecule has 4 aliphatic carbocycles. The second-order valence-electron chi connectivity index (χ2n) is 11.0. The lowest BCUT2D eigenvalue weighted by Gasteiger charge is -2.24. The number of fused-ring (bicyclic) bond motifs is 8. The van der Waals surface area contributed by atoms with Crippen molar-refractivity contribution in [3.05, 3.63) is 147 Å². The van der Waals surface area contributed by atoms with Crippen LogP contribution in [0.15, 0.2) is 103 Å². The van der Waals surface area contributed by atoms with Gasteiger partial charge in [0.15, 0.2) is 0 Å². The third-order valence-corrected chi connectivity index (χ3v) is 8.96. The van der Waals surface area contributed by atoms with E-state index in [2.05, 4.69) is 117 Å². The normalized spacial score (nSPS) is 16.1. The Balaban J connectivity index is 0.000000140. The number of hydrogen-bond acceptors (Lipinski definition) is 0. The first-order valence-corrected chi connectivity index (χ1v) is 13.4. The Kier molecular flexibility index (Phi) is 4.35. The van der Waals surface area contributed by atoms with Gasteiger partial charge in [-0.2, -0.15) is 0 Å². The molecule has 0 heteroatoms. The largest absolute Gasteiger partial charge is 0.0619 e. The van der Waals surface area contributed by atoms with E-state index in [0.29, 0.717) is 5.92 Å². The Morgan fingerprint density at radius 3 is 2.05 bits per heavy atom. The monoisotopic (exact) mass is 472 g/mol. The zero-order valence-corrected chi connectivity index (χ0v) is 21.3. The molecule has 5 aromatic carbocycles. The maximum atomic E-state index is 2.48. The zero-order chi connectivity index (χ0) is 24.7. The van der Waals surface area contributed by atoms with E-state index in [9.17, 15) is 0 Å². The lowest BCUT2D eigenvalue weighted by atomic mass is 9.79. The predicted molar refractivity (Wildman–Crippen MR) is 155 cm³/mol. The maximum Gasteiger partial charge on any atom is 0.0311 e.